The molecule has 6 nitrogen and oxygen atoms in total. The second-order valence-corrected chi connectivity index (χ2v) is 5.80. The molecule has 2 aliphatic heterocycles. The third-order valence-corrected chi connectivity index (χ3v) is 4.36. The van der Waals surface area contributed by atoms with Crippen molar-refractivity contribution in [1.82, 2.24) is 9.88 Å². The average molecular weight is 275 g/mol. The Kier molecular flexibility index (Phi) is 3.25. The van der Waals surface area contributed by atoms with E-state index in [0.29, 0.717) is 29.2 Å². The lowest BCUT2D eigenvalue weighted by atomic mass is 10.1. The van der Waals surface area contributed by atoms with Crippen LogP contribution in [0.4, 0.5) is 11.5 Å². The van der Waals surface area contributed by atoms with Crippen LogP contribution in [-0.4, -0.2) is 47.5 Å². The second kappa shape index (κ2) is 4.94. The molecule has 1 aromatic heterocycles. The van der Waals surface area contributed by atoms with Gasteiger partial charge in [-0.15, -0.1) is 0 Å². The van der Waals surface area contributed by atoms with Crippen LogP contribution < -0.4 is 16.4 Å². The van der Waals surface area contributed by atoms with E-state index in [1.807, 2.05) is 0 Å². The number of fused-ring (bicyclic) bond motifs is 1. The van der Waals surface area contributed by atoms with Gasteiger partial charge in [0.2, 0.25) is 0 Å². The van der Waals surface area contributed by atoms with Gasteiger partial charge in [-0.1, -0.05) is 0 Å². The van der Waals surface area contributed by atoms with E-state index >= 15 is 0 Å². The molecule has 0 spiro atoms. The summed E-state index contributed by atoms with van der Waals surface area (Å²) < 4.78 is 0. The number of amides is 1. The van der Waals surface area contributed by atoms with Gasteiger partial charge < -0.3 is 16.4 Å². The predicted molar refractivity (Wildman–Crippen MR) is 78.6 cm³/mol. The van der Waals surface area contributed by atoms with Crippen LogP contribution in [-0.2, 0) is 0 Å². The molecule has 0 radical (unpaired) electrons. The fourth-order valence-corrected chi connectivity index (χ4v) is 3.37. The van der Waals surface area contributed by atoms with E-state index in [-0.39, 0.29) is 0 Å². The van der Waals surface area contributed by atoms with Gasteiger partial charge in [0, 0.05) is 25.2 Å². The van der Waals surface area contributed by atoms with Crippen LogP contribution in [0.1, 0.15) is 30.1 Å². The largest absolute Gasteiger partial charge is 0.397 e. The highest BCUT2D eigenvalue weighted by Crippen LogP contribution is 2.29. The molecule has 2 unspecified atom stereocenters. The summed E-state index contributed by atoms with van der Waals surface area (Å²) in [5.41, 5.74) is 12.1. The molecule has 2 atom stereocenters. The minimum absolute atomic E-state index is 0.318. The number of hydrogen-bond acceptors (Lipinski definition) is 5. The van der Waals surface area contributed by atoms with Gasteiger partial charge >= 0.3 is 0 Å². The minimum atomic E-state index is -0.471. The molecule has 0 saturated carbocycles. The summed E-state index contributed by atoms with van der Waals surface area (Å²) in [6.07, 6.45) is 4.06. The number of pyridine rings is 1. The molecule has 108 valence electrons. The summed E-state index contributed by atoms with van der Waals surface area (Å²) in [5, 5.41) is 0. The second-order valence-electron chi connectivity index (χ2n) is 5.80. The van der Waals surface area contributed by atoms with Crippen molar-refractivity contribution in [3.05, 3.63) is 17.8 Å². The number of piperazine rings is 1. The van der Waals surface area contributed by atoms with Crippen LogP contribution in [0.5, 0.6) is 0 Å². The highest BCUT2D eigenvalue weighted by molar-refractivity contribution is 5.98. The van der Waals surface area contributed by atoms with E-state index in [0.717, 1.165) is 13.1 Å². The maximum atomic E-state index is 11.6. The summed E-state index contributed by atoms with van der Waals surface area (Å²) in [6, 6.07) is 2.50. The molecule has 1 amide bonds. The lowest BCUT2D eigenvalue weighted by Crippen LogP contribution is -2.55. The van der Waals surface area contributed by atoms with Crippen molar-refractivity contribution in [3.63, 3.8) is 0 Å². The van der Waals surface area contributed by atoms with Crippen molar-refractivity contribution in [1.29, 1.82) is 0 Å². The fraction of sp³-hybridized carbons (Fsp3) is 0.571. The van der Waals surface area contributed by atoms with Crippen molar-refractivity contribution in [2.45, 2.75) is 31.8 Å². The van der Waals surface area contributed by atoms with Gasteiger partial charge in [-0.3, -0.25) is 9.69 Å². The Morgan fingerprint density at radius 2 is 2.25 bits per heavy atom. The minimum Gasteiger partial charge on any atom is -0.397 e. The molecular formula is C14H21N5O. The molecule has 3 rings (SSSR count). The van der Waals surface area contributed by atoms with E-state index in [4.69, 9.17) is 11.5 Å². The molecule has 1 aromatic rings. The van der Waals surface area contributed by atoms with E-state index in [9.17, 15) is 4.79 Å². The Bertz CT molecular complexity index is 532. The Balaban J connectivity index is 1.93. The van der Waals surface area contributed by atoms with Crippen LogP contribution in [0, 0.1) is 0 Å². The van der Waals surface area contributed by atoms with Crippen molar-refractivity contribution in [2.75, 3.05) is 30.3 Å². The summed E-state index contributed by atoms with van der Waals surface area (Å²) in [6.45, 7) is 5.26. The quantitative estimate of drug-likeness (QED) is 0.817. The van der Waals surface area contributed by atoms with Crippen molar-refractivity contribution < 1.29 is 4.79 Å². The lowest BCUT2D eigenvalue weighted by Gasteiger charge is -2.43. The van der Waals surface area contributed by atoms with E-state index in [1.165, 1.54) is 19.4 Å². The molecule has 20 heavy (non-hydrogen) atoms. The predicted octanol–water partition coefficient (Wildman–Crippen LogP) is 0.436. The zero-order chi connectivity index (χ0) is 14.3. The topological polar surface area (TPSA) is 88.5 Å². The van der Waals surface area contributed by atoms with Crippen molar-refractivity contribution in [2.24, 2.45) is 5.73 Å². The molecular weight excluding hydrogens is 254 g/mol. The van der Waals surface area contributed by atoms with Crippen LogP contribution in [0.3, 0.4) is 0 Å². The number of aromatic nitrogens is 1. The van der Waals surface area contributed by atoms with Crippen LogP contribution in [0.25, 0.3) is 0 Å². The molecule has 0 aliphatic carbocycles. The molecule has 2 saturated heterocycles. The van der Waals surface area contributed by atoms with Gasteiger partial charge in [0.15, 0.2) is 0 Å². The lowest BCUT2D eigenvalue weighted by molar-refractivity contribution is 0.1000. The summed E-state index contributed by atoms with van der Waals surface area (Å²) >= 11 is 0. The van der Waals surface area contributed by atoms with Crippen LogP contribution >= 0.6 is 0 Å². The number of nitrogen functional groups attached to an aromatic ring is 1. The highest BCUT2D eigenvalue weighted by Gasteiger charge is 2.36. The zero-order valence-corrected chi connectivity index (χ0v) is 11.7. The first-order valence-electron chi connectivity index (χ1n) is 7.12. The molecule has 2 fully saturated rings. The van der Waals surface area contributed by atoms with Gasteiger partial charge in [0.05, 0.1) is 17.4 Å². The van der Waals surface area contributed by atoms with E-state index < -0.39 is 5.91 Å². The molecule has 6 heteroatoms. The number of hydrogen-bond donors (Lipinski definition) is 2. The van der Waals surface area contributed by atoms with Gasteiger partial charge in [0.1, 0.15) is 5.82 Å². The Morgan fingerprint density at radius 3 is 3.00 bits per heavy atom. The standard InChI is InChI=1S/C14H21N5O/c1-9-7-18-4-2-3-11(18)8-19(9)14-12(13(16)20)5-10(15)6-17-14/h5-6,9,11H,2-4,7-8,15H2,1H3,(H2,16,20). The molecule has 3 heterocycles. The van der Waals surface area contributed by atoms with Gasteiger partial charge in [-0.2, -0.15) is 0 Å². The molecule has 0 bridgehead atoms. The summed E-state index contributed by atoms with van der Waals surface area (Å²) in [7, 11) is 0. The number of primary amides is 1. The fourth-order valence-electron chi connectivity index (χ4n) is 3.37. The smallest absolute Gasteiger partial charge is 0.252 e. The highest BCUT2D eigenvalue weighted by atomic mass is 16.1. The molecule has 4 N–H and O–H groups in total. The first-order valence-corrected chi connectivity index (χ1v) is 7.12. The Labute approximate surface area is 118 Å². The zero-order valence-electron chi connectivity index (χ0n) is 11.7. The molecule has 2 aliphatic rings. The Morgan fingerprint density at radius 1 is 1.45 bits per heavy atom. The third kappa shape index (κ3) is 2.20. The van der Waals surface area contributed by atoms with Gasteiger partial charge in [0.25, 0.3) is 5.91 Å². The molecule has 0 aromatic carbocycles. The number of nitrogens with zero attached hydrogens (tertiary/aromatic N) is 3. The summed E-state index contributed by atoms with van der Waals surface area (Å²) in [4.78, 5) is 20.7. The normalized spacial score (nSPS) is 26.6. The van der Waals surface area contributed by atoms with E-state index in [1.54, 1.807) is 12.3 Å². The number of carbonyl (C=O) groups is 1. The SMILES string of the molecule is CC1CN2CCCC2CN1c1ncc(N)cc1C(N)=O. The first kappa shape index (κ1) is 13.2. The number of carbonyl (C=O) groups excluding carboxylic acids is 1. The van der Waals surface area contributed by atoms with Crippen molar-refractivity contribution in [3.8, 4) is 0 Å². The third-order valence-electron chi connectivity index (χ3n) is 4.36. The van der Waals surface area contributed by atoms with Gasteiger partial charge in [-0.05, 0) is 32.4 Å². The van der Waals surface area contributed by atoms with Crippen LogP contribution in [0.15, 0.2) is 12.3 Å². The maximum Gasteiger partial charge on any atom is 0.252 e. The van der Waals surface area contributed by atoms with Gasteiger partial charge in [-0.25, -0.2) is 4.98 Å². The number of rotatable bonds is 2. The monoisotopic (exact) mass is 275 g/mol. The average Bonchev–Trinajstić information content (AvgIpc) is 2.85. The Hall–Kier alpha value is -1.82. The summed E-state index contributed by atoms with van der Waals surface area (Å²) in [5.74, 6) is 0.201. The maximum absolute atomic E-state index is 11.6. The number of anilines is 2. The first-order chi connectivity index (χ1) is 9.56. The number of nitrogens with two attached hydrogens (primary N) is 2. The van der Waals surface area contributed by atoms with Crippen LogP contribution in [0.2, 0.25) is 0 Å². The van der Waals surface area contributed by atoms with E-state index in [2.05, 4.69) is 21.7 Å². The van der Waals surface area contributed by atoms with Crippen molar-refractivity contribution >= 4 is 17.4 Å².